The summed E-state index contributed by atoms with van der Waals surface area (Å²) < 4.78 is 65.4. The number of likely N-dealkylation sites (N-methyl/N-ethyl adjacent to an activating group) is 2. The molecule has 0 bridgehead atoms. The Balaban J connectivity index is 0.000000160. The fourth-order valence-corrected chi connectivity index (χ4v) is 11.4. The van der Waals surface area contributed by atoms with Gasteiger partial charge in [0.15, 0.2) is 0 Å². The zero-order valence-corrected chi connectivity index (χ0v) is 31.2. The first-order chi connectivity index (χ1) is 24.4. The van der Waals surface area contributed by atoms with Crippen LogP contribution in [0, 0.1) is 5.82 Å². The Morgan fingerprint density at radius 2 is 1.16 bits per heavy atom. The van der Waals surface area contributed by atoms with Crippen LogP contribution in [0.5, 0.6) is 0 Å². The molecule has 2 N–H and O–H groups in total. The molecule has 0 aromatic heterocycles. The first-order valence-corrected chi connectivity index (χ1v) is 20.8. The lowest BCUT2D eigenvalue weighted by Gasteiger charge is -2.26. The van der Waals surface area contributed by atoms with Gasteiger partial charge in [0.1, 0.15) is 5.82 Å². The third kappa shape index (κ3) is 6.69. The van der Waals surface area contributed by atoms with E-state index >= 15 is 0 Å². The van der Waals surface area contributed by atoms with Gasteiger partial charge in [0.25, 0.3) is 0 Å². The topological polar surface area (TPSA) is 98.8 Å². The number of anilines is 2. The maximum atomic E-state index is 13.6. The summed E-state index contributed by atoms with van der Waals surface area (Å²) in [6.07, 6.45) is 4.13. The molecule has 6 atom stereocenters. The number of fused-ring (bicyclic) bond motifs is 6. The molecule has 8 nitrogen and oxygen atoms in total. The maximum absolute atomic E-state index is 13.6. The average molecular weight is 731 g/mol. The van der Waals surface area contributed by atoms with E-state index in [4.69, 9.17) is 0 Å². The minimum Gasteiger partial charge on any atom is -0.371 e. The van der Waals surface area contributed by atoms with Crippen molar-refractivity contribution in [1.29, 1.82) is 0 Å². The molecule has 11 heteroatoms. The van der Waals surface area contributed by atoms with E-state index in [1.54, 1.807) is 42.5 Å². The average Bonchev–Trinajstić information content (AvgIpc) is 3.31. The third-order valence-electron chi connectivity index (χ3n) is 11.3. The van der Waals surface area contributed by atoms with Gasteiger partial charge in [0.2, 0.25) is 19.7 Å². The molecule has 2 fully saturated rings. The van der Waals surface area contributed by atoms with Gasteiger partial charge in [-0.3, -0.25) is 0 Å². The highest BCUT2D eigenvalue weighted by Crippen LogP contribution is 2.47. The van der Waals surface area contributed by atoms with E-state index in [0.29, 0.717) is 45.8 Å². The van der Waals surface area contributed by atoms with E-state index in [1.807, 2.05) is 24.3 Å². The minimum absolute atomic E-state index is 0.00475. The molecule has 0 aliphatic carbocycles. The number of benzene rings is 4. The molecule has 2 unspecified atom stereocenters. The summed E-state index contributed by atoms with van der Waals surface area (Å²) in [5, 5.41) is 7.06. The van der Waals surface area contributed by atoms with Crippen LogP contribution >= 0.6 is 0 Å². The summed E-state index contributed by atoms with van der Waals surface area (Å²) in [5.41, 5.74) is 4.55. The lowest BCUT2D eigenvalue weighted by atomic mass is 9.88. The van der Waals surface area contributed by atoms with Crippen molar-refractivity contribution >= 4 is 31.0 Å². The highest BCUT2D eigenvalue weighted by Gasteiger charge is 2.41. The molecule has 8 rings (SSSR count). The second kappa shape index (κ2) is 14.0. The molecule has 0 saturated carbocycles. The predicted molar refractivity (Wildman–Crippen MR) is 200 cm³/mol. The fourth-order valence-electron chi connectivity index (χ4n) is 8.80. The van der Waals surface area contributed by atoms with Crippen LogP contribution in [0.3, 0.4) is 0 Å². The van der Waals surface area contributed by atoms with Gasteiger partial charge in [0.05, 0.1) is 19.6 Å². The molecule has 51 heavy (non-hydrogen) atoms. The monoisotopic (exact) mass is 730 g/mol. The van der Waals surface area contributed by atoms with Crippen molar-refractivity contribution in [2.24, 2.45) is 0 Å². The Hall–Kier alpha value is -3.77. The van der Waals surface area contributed by atoms with Gasteiger partial charge < -0.3 is 20.4 Å². The highest BCUT2D eigenvalue weighted by molar-refractivity contribution is 7.91. The van der Waals surface area contributed by atoms with Crippen LogP contribution in [0.15, 0.2) is 111 Å². The predicted octanol–water partition coefficient (Wildman–Crippen LogP) is 6.53. The van der Waals surface area contributed by atoms with Crippen molar-refractivity contribution in [3.63, 3.8) is 0 Å². The molecule has 270 valence electrons. The zero-order chi connectivity index (χ0) is 36.1. The van der Waals surface area contributed by atoms with E-state index in [0.717, 1.165) is 56.1 Å². The molecule has 4 heterocycles. The Morgan fingerprint density at radius 3 is 1.82 bits per heavy atom. The number of hydrogen-bond donors (Lipinski definition) is 2. The van der Waals surface area contributed by atoms with E-state index in [1.165, 1.54) is 29.4 Å². The van der Waals surface area contributed by atoms with Gasteiger partial charge in [0, 0.05) is 61.5 Å². The van der Waals surface area contributed by atoms with Crippen LogP contribution in [0.1, 0.15) is 62.5 Å². The standard InChI is InChI=1S/C21H25FN2O2S.C19H22N2O2S/c1-13-9-18-19-12-17(27(25,26)16-6-4-5-15(22)11-16)7-8-20(19)24(3)21(18)10-14(2)23-13;1-21-18-8-7-15(24(22,23)14-5-3-2-4-6-14)13-17(18)16-9-11-20-12-10-19(16)21/h4-8,11-14,18,21,23H,9-10H2,1-3H3;2-8,13,16,19-20H,9-12H2,1H3/t13?,14?,18-,21-;16-,19-/m00/s1. The summed E-state index contributed by atoms with van der Waals surface area (Å²) in [5.74, 6) is 0.153. The van der Waals surface area contributed by atoms with Crippen molar-refractivity contribution in [2.75, 3.05) is 37.0 Å². The molecule has 4 aliphatic rings. The number of nitrogens with one attached hydrogen (secondary N) is 2. The molecule has 0 spiro atoms. The molecule has 2 saturated heterocycles. The van der Waals surface area contributed by atoms with Gasteiger partial charge in [-0.1, -0.05) is 24.3 Å². The Bertz CT molecular complexity index is 2130. The van der Waals surface area contributed by atoms with Gasteiger partial charge in [-0.05, 0) is 130 Å². The van der Waals surface area contributed by atoms with Crippen molar-refractivity contribution in [3.8, 4) is 0 Å². The van der Waals surface area contributed by atoms with Crippen molar-refractivity contribution in [2.45, 2.75) is 95.1 Å². The maximum Gasteiger partial charge on any atom is 0.206 e. The van der Waals surface area contributed by atoms with E-state index in [-0.39, 0.29) is 9.79 Å². The van der Waals surface area contributed by atoms with E-state index < -0.39 is 25.5 Å². The number of halogens is 1. The molecule has 0 amide bonds. The van der Waals surface area contributed by atoms with Crippen molar-refractivity contribution < 1.29 is 21.2 Å². The molecular weight excluding hydrogens is 684 g/mol. The molecule has 4 aliphatic heterocycles. The Morgan fingerprint density at radius 1 is 0.608 bits per heavy atom. The van der Waals surface area contributed by atoms with Crippen LogP contribution in [0.4, 0.5) is 15.8 Å². The molecule has 4 aromatic rings. The van der Waals surface area contributed by atoms with Crippen LogP contribution in [0.2, 0.25) is 0 Å². The van der Waals surface area contributed by atoms with Gasteiger partial charge in [-0.15, -0.1) is 0 Å². The first kappa shape index (κ1) is 35.6. The zero-order valence-electron chi connectivity index (χ0n) is 29.6. The quantitative estimate of drug-likeness (QED) is 0.245. The van der Waals surface area contributed by atoms with Gasteiger partial charge >= 0.3 is 0 Å². The Labute approximate surface area is 301 Å². The molecular formula is C40H47FN4O4S2. The highest BCUT2D eigenvalue weighted by atomic mass is 32.2. The normalized spacial score (nSPS) is 25.7. The molecule has 0 radical (unpaired) electrons. The lowest BCUT2D eigenvalue weighted by molar-refractivity contribution is 0.466. The fraction of sp³-hybridized carbons (Fsp3) is 0.400. The second-order valence-electron chi connectivity index (χ2n) is 14.6. The summed E-state index contributed by atoms with van der Waals surface area (Å²) in [6, 6.07) is 26.5. The second-order valence-corrected chi connectivity index (χ2v) is 18.5. The van der Waals surface area contributed by atoms with Crippen LogP contribution in [0.25, 0.3) is 0 Å². The van der Waals surface area contributed by atoms with Crippen LogP contribution in [-0.4, -0.2) is 68.2 Å². The number of hydrogen-bond acceptors (Lipinski definition) is 8. The Kier molecular flexibility index (Phi) is 9.77. The number of rotatable bonds is 4. The minimum atomic E-state index is -3.75. The van der Waals surface area contributed by atoms with Crippen molar-refractivity contribution in [1.82, 2.24) is 10.6 Å². The summed E-state index contributed by atoms with van der Waals surface area (Å²) in [7, 11) is -2.99. The van der Waals surface area contributed by atoms with Gasteiger partial charge in [-0.25, -0.2) is 21.2 Å². The SMILES string of the molecule is CC1C[C@H]2c3cc(S(=O)(=O)c4cccc(F)c4)ccc3N(C)[C@H]2CC(C)N1.CN1c2ccc(S(=O)(=O)c3ccccc3)cc2[C@@H]2CCNCC[C@@H]21. The molecule has 4 aromatic carbocycles. The largest absolute Gasteiger partial charge is 0.371 e. The summed E-state index contributed by atoms with van der Waals surface area (Å²) in [4.78, 5) is 5.60. The smallest absolute Gasteiger partial charge is 0.206 e. The number of nitrogens with zero attached hydrogens (tertiary/aromatic N) is 2. The first-order valence-electron chi connectivity index (χ1n) is 17.9. The summed E-state index contributed by atoms with van der Waals surface area (Å²) in [6.45, 7) is 6.40. The van der Waals surface area contributed by atoms with Crippen LogP contribution < -0.4 is 20.4 Å². The third-order valence-corrected chi connectivity index (χ3v) is 14.8. The van der Waals surface area contributed by atoms with Crippen LogP contribution in [-0.2, 0) is 19.7 Å². The summed E-state index contributed by atoms with van der Waals surface area (Å²) >= 11 is 0. The van der Waals surface area contributed by atoms with Gasteiger partial charge in [-0.2, -0.15) is 0 Å². The lowest BCUT2D eigenvalue weighted by Crippen LogP contribution is -2.36. The number of sulfone groups is 2. The van der Waals surface area contributed by atoms with Crippen molar-refractivity contribution in [3.05, 3.63) is 108 Å². The van der Waals surface area contributed by atoms with E-state index in [9.17, 15) is 21.2 Å². The van der Waals surface area contributed by atoms with E-state index in [2.05, 4.69) is 48.4 Å².